The molecule has 2 rings (SSSR count). The number of carbonyl (C=O) groups excluding carboxylic acids is 2. The van der Waals surface area contributed by atoms with Gasteiger partial charge in [0.2, 0.25) is 11.8 Å². The van der Waals surface area contributed by atoms with Gasteiger partial charge in [0, 0.05) is 37.5 Å². The number of thiophene rings is 1. The number of hydrogen-bond acceptors (Lipinski definition) is 4. The van der Waals surface area contributed by atoms with Gasteiger partial charge in [0.1, 0.15) is 0 Å². The van der Waals surface area contributed by atoms with Gasteiger partial charge in [-0.25, -0.2) is 0 Å². The van der Waals surface area contributed by atoms with E-state index in [1.807, 2.05) is 47.4 Å². The van der Waals surface area contributed by atoms with E-state index in [0.717, 1.165) is 14.8 Å². The number of rotatable bonds is 11. The van der Waals surface area contributed by atoms with E-state index in [-0.39, 0.29) is 18.9 Å². The van der Waals surface area contributed by atoms with E-state index in [0.29, 0.717) is 26.2 Å². The average molecular weight is 406 g/mol. The van der Waals surface area contributed by atoms with Crippen molar-refractivity contribution in [1.82, 2.24) is 9.80 Å². The number of primary amides is 1. The summed E-state index contributed by atoms with van der Waals surface area (Å²) in [6, 6.07) is 13.5. The highest BCUT2D eigenvalue weighted by atomic mass is 35.5. The minimum absolute atomic E-state index is 0.0513. The molecule has 2 aromatic rings. The minimum atomic E-state index is -0.419. The smallest absolute Gasteiger partial charge is 0.237 e. The summed E-state index contributed by atoms with van der Waals surface area (Å²) < 4.78 is 0.724. The monoisotopic (exact) mass is 405 g/mol. The Morgan fingerprint density at radius 3 is 2.48 bits per heavy atom. The molecule has 1 aromatic heterocycles. The SMILES string of the molecule is C=CCN(CC(=O)N(CCC(N)=O)Cc1ccccc1)Cc1ccc(Cl)s1. The lowest BCUT2D eigenvalue weighted by molar-refractivity contribution is -0.133. The lowest BCUT2D eigenvalue weighted by Crippen LogP contribution is -2.41. The van der Waals surface area contributed by atoms with Gasteiger partial charge in [0.05, 0.1) is 10.9 Å². The number of hydrogen-bond donors (Lipinski definition) is 1. The molecule has 27 heavy (non-hydrogen) atoms. The van der Waals surface area contributed by atoms with E-state index in [2.05, 4.69) is 6.58 Å². The van der Waals surface area contributed by atoms with E-state index < -0.39 is 5.91 Å². The van der Waals surface area contributed by atoms with Gasteiger partial charge >= 0.3 is 0 Å². The van der Waals surface area contributed by atoms with Crippen LogP contribution in [0.2, 0.25) is 4.34 Å². The highest BCUT2D eigenvalue weighted by Crippen LogP contribution is 2.22. The largest absolute Gasteiger partial charge is 0.370 e. The Hall–Kier alpha value is -2.15. The fraction of sp³-hybridized carbons (Fsp3) is 0.300. The lowest BCUT2D eigenvalue weighted by Gasteiger charge is -2.26. The zero-order chi connectivity index (χ0) is 19.6. The third-order valence-corrected chi connectivity index (χ3v) is 5.17. The van der Waals surface area contributed by atoms with Gasteiger partial charge in [-0.3, -0.25) is 14.5 Å². The van der Waals surface area contributed by atoms with Crippen molar-refractivity contribution in [3.05, 3.63) is 69.9 Å². The fourth-order valence-electron chi connectivity index (χ4n) is 2.66. The summed E-state index contributed by atoms with van der Waals surface area (Å²) in [6.07, 6.45) is 1.91. The predicted molar refractivity (Wildman–Crippen MR) is 110 cm³/mol. The summed E-state index contributed by atoms with van der Waals surface area (Å²) >= 11 is 7.50. The number of carbonyl (C=O) groups is 2. The topological polar surface area (TPSA) is 66.6 Å². The van der Waals surface area contributed by atoms with E-state index in [4.69, 9.17) is 17.3 Å². The second-order valence-electron chi connectivity index (χ2n) is 6.18. The fourth-order valence-corrected chi connectivity index (χ4v) is 3.79. The van der Waals surface area contributed by atoms with Gasteiger partial charge in [-0.15, -0.1) is 17.9 Å². The normalized spacial score (nSPS) is 10.7. The van der Waals surface area contributed by atoms with E-state index >= 15 is 0 Å². The Kier molecular flexibility index (Phi) is 8.51. The third-order valence-electron chi connectivity index (χ3n) is 3.95. The molecule has 0 atom stereocenters. The highest BCUT2D eigenvalue weighted by molar-refractivity contribution is 7.16. The Balaban J connectivity index is 2.05. The molecule has 0 aliphatic rings. The Morgan fingerprint density at radius 2 is 1.89 bits per heavy atom. The molecule has 0 unspecified atom stereocenters. The summed E-state index contributed by atoms with van der Waals surface area (Å²) in [5, 5.41) is 0. The maximum atomic E-state index is 12.9. The summed E-state index contributed by atoms with van der Waals surface area (Å²) in [4.78, 5) is 28.9. The van der Waals surface area contributed by atoms with Crippen molar-refractivity contribution in [2.45, 2.75) is 19.5 Å². The van der Waals surface area contributed by atoms with Crippen molar-refractivity contribution >= 4 is 34.8 Å². The predicted octanol–water partition coefficient (Wildman–Crippen LogP) is 3.29. The molecule has 0 spiro atoms. The molecule has 0 aliphatic carbocycles. The molecule has 0 aliphatic heterocycles. The molecular weight excluding hydrogens is 382 g/mol. The van der Waals surface area contributed by atoms with Crippen LogP contribution in [-0.4, -0.2) is 41.2 Å². The molecule has 0 radical (unpaired) electrons. The number of benzene rings is 1. The molecule has 0 saturated heterocycles. The molecule has 0 fully saturated rings. The van der Waals surface area contributed by atoms with Crippen LogP contribution in [0.5, 0.6) is 0 Å². The minimum Gasteiger partial charge on any atom is -0.370 e. The van der Waals surface area contributed by atoms with Gasteiger partial charge < -0.3 is 10.6 Å². The maximum Gasteiger partial charge on any atom is 0.237 e. The lowest BCUT2D eigenvalue weighted by atomic mass is 10.2. The van der Waals surface area contributed by atoms with Crippen LogP contribution in [0.25, 0.3) is 0 Å². The molecule has 0 saturated carbocycles. The van der Waals surface area contributed by atoms with Crippen molar-refractivity contribution in [1.29, 1.82) is 0 Å². The van der Waals surface area contributed by atoms with Crippen LogP contribution in [-0.2, 0) is 22.7 Å². The van der Waals surface area contributed by atoms with Crippen LogP contribution in [0.15, 0.2) is 55.1 Å². The number of amides is 2. The van der Waals surface area contributed by atoms with Crippen molar-refractivity contribution in [3.8, 4) is 0 Å². The molecular formula is C20H24ClN3O2S. The number of nitrogens with two attached hydrogens (primary N) is 1. The summed E-state index contributed by atoms with van der Waals surface area (Å²) in [6.45, 7) is 5.95. The van der Waals surface area contributed by atoms with Crippen LogP contribution in [0.4, 0.5) is 0 Å². The Bertz CT molecular complexity index is 764. The number of nitrogens with zero attached hydrogens (tertiary/aromatic N) is 2. The quantitative estimate of drug-likeness (QED) is 0.583. The molecule has 5 nitrogen and oxygen atoms in total. The van der Waals surface area contributed by atoms with Gasteiger partial charge in [-0.05, 0) is 17.7 Å². The summed E-state index contributed by atoms with van der Waals surface area (Å²) in [5.41, 5.74) is 6.29. The van der Waals surface area contributed by atoms with Crippen LogP contribution < -0.4 is 5.73 Å². The van der Waals surface area contributed by atoms with Crippen LogP contribution >= 0.6 is 22.9 Å². The zero-order valence-corrected chi connectivity index (χ0v) is 16.7. The Morgan fingerprint density at radius 1 is 1.15 bits per heavy atom. The first-order chi connectivity index (χ1) is 13.0. The molecule has 2 amide bonds. The second kappa shape index (κ2) is 10.9. The summed E-state index contributed by atoms with van der Waals surface area (Å²) in [7, 11) is 0. The van der Waals surface area contributed by atoms with Gasteiger partial charge in [0.25, 0.3) is 0 Å². The Labute approximate surface area is 169 Å². The van der Waals surface area contributed by atoms with Crippen molar-refractivity contribution < 1.29 is 9.59 Å². The van der Waals surface area contributed by atoms with Crippen LogP contribution in [0.1, 0.15) is 16.9 Å². The van der Waals surface area contributed by atoms with Gasteiger partial charge in [-0.1, -0.05) is 48.0 Å². The van der Waals surface area contributed by atoms with E-state index in [1.165, 1.54) is 11.3 Å². The highest BCUT2D eigenvalue weighted by Gasteiger charge is 2.18. The van der Waals surface area contributed by atoms with E-state index in [1.54, 1.807) is 11.0 Å². The van der Waals surface area contributed by atoms with Gasteiger partial charge in [0.15, 0.2) is 0 Å². The average Bonchev–Trinajstić information content (AvgIpc) is 3.04. The molecule has 144 valence electrons. The molecule has 1 aromatic carbocycles. The van der Waals surface area contributed by atoms with E-state index in [9.17, 15) is 9.59 Å². The molecule has 2 N–H and O–H groups in total. The van der Waals surface area contributed by atoms with Gasteiger partial charge in [-0.2, -0.15) is 0 Å². The van der Waals surface area contributed by atoms with Crippen LogP contribution in [0, 0.1) is 0 Å². The first kappa shape index (κ1) is 21.2. The maximum absolute atomic E-state index is 12.9. The number of halogens is 1. The molecule has 1 heterocycles. The summed E-state index contributed by atoms with van der Waals surface area (Å²) in [5.74, 6) is -0.471. The third kappa shape index (κ3) is 7.54. The second-order valence-corrected chi connectivity index (χ2v) is 7.98. The van der Waals surface area contributed by atoms with Crippen molar-refractivity contribution in [2.75, 3.05) is 19.6 Å². The van der Waals surface area contributed by atoms with Crippen LogP contribution in [0.3, 0.4) is 0 Å². The van der Waals surface area contributed by atoms with Crippen molar-refractivity contribution in [2.24, 2.45) is 5.73 Å². The zero-order valence-electron chi connectivity index (χ0n) is 15.1. The first-order valence-electron chi connectivity index (χ1n) is 8.65. The standard InChI is InChI=1S/C20H24ClN3O2S/c1-2-11-23(14-17-8-9-18(21)27-17)15-20(26)24(12-10-19(22)25)13-16-6-4-3-5-7-16/h2-9H,1,10-15H2,(H2,22,25). The molecule has 0 bridgehead atoms. The molecule has 7 heteroatoms. The van der Waals surface area contributed by atoms with Crippen molar-refractivity contribution in [3.63, 3.8) is 0 Å². The first-order valence-corrected chi connectivity index (χ1v) is 9.85.